The van der Waals surface area contributed by atoms with Crippen LogP contribution < -0.4 is 9.62 Å². The molecule has 0 unspecified atom stereocenters. The summed E-state index contributed by atoms with van der Waals surface area (Å²) in [6.45, 7) is 0.0560. The van der Waals surface area contributed by atoms with E-state index in [1.54, 1.807) is 6.07 Å². The predicted octanol–water partition coefficient (Wildman–Crippen LogP) is 3.46. The normalized spacial score (nSPS) is 14.2. The molecule has 4 rings (SSSR count). The Labute approximate surface area is 209 Å². The fraction of sp³-hybridized carbons (Fsp3) is 0.417. The van der Waals surface area contributed by atoms with E-state index in [0.717, 1.165) is 25.4 Å². The van der Waals surface area contributed by atoms with E-state index in [1.165, 1.54) is 35.6 Å². The number of halogens is 1. The number of sulfone groups is 1. The van der Waals surface area contributed by atoms with Crippen LogP contribution in [0.25, 0.3) is 22.4 Å². The molecule has 9 nitrogen and oxygen atoms in total. The number of rotatable bonds is 10. The molecule has 1 amide bonds. The third kappa shape index (κ3) is 5.70. The van der Waals surface area contributed by atoms with E-state index in [-0.39, 0.29) is 41.1 Å². The summed E-state index contributed by atoms with van der Waals surface area (Å²) in [7, 11) is -5.43. The number of pyridine rings is 1. The monoisotopic (exact) mass is 537 g/mol. The van der Waals surface area contributed by atoms with Crippen LogP contribution in [0.2, 0.25) is 0 Å². The standard InChI is InChI=1S/C24H28FN3O6S2/c1-26-23(29)20-19-14-18(15-6-7-15)22(28(36(3,32)33)12-4-5-13-35(2,30)31)27-24(19)34-21(20)16-8-10-17(25)11-9-16/h8-11,14-15H,4-7,12-13H2,1-3H3,(H,26,29). The molecule has 12 heteroatoms. The fourth-order valence-corrected chi connectivity index (χ4v) is 5.78. The van der Waals surface area contributed by atoms with Crippen molar-refractivity contribution in [3.05, 3.63) is 47.3 Å². The molecule has 0 atom stereocenters. The highest BCUT2D eigenvalue weighted by Crippen LogP contribution is 2.46. The topological polar surface area (TPSA) is 127 Å². The highest BCUT2D eigenvalue weighted by molar-refractivity contribution is 7.92. The van der Waals surface area contributed by atoms with E-state index in [2.05, 4.69) is 10.3 Å². The summed E-state index contributed by atoms with van der Waals surface area (Å²) >= 11 is 0. The minimum Gasteiger partial charge on any atom is -0.437 e. The third-order valence-electron chi connectivity index (χ3n) is 6.03. The number of amides is 1. The number of nitrogens with one attached hydrogen (secondary N) is 1. The molecule has 194 valence electrons. The van der Waals surface area contributed by atoms with Crippen molar-refractivity contribution in [2.75, 3.05) is 36.2 Å². The van der Waals surface area contributed by atoms with Gasteiger partial charge in [0, 0.05) is 31.2 Å². The van der Waals surface area contributed by atoms with Gasteiger partial charge in [0.05, 0.1) is 17.2 Å². The Morgan fingerprint density at radius 1 is 1.14 bits per heavy atom. The number of nitrogens with zero attached hydrogens (tertiary/aromatic N) is 2. The third-order valence-corrected chi connectivity index (χ3v) is 8.22. The highest BCUT2D eigenvalue weighted by atomic mass is 32.2. The zero-order valence-electron chi connectivity index (χ0n) is 20.2. The number of anilines is 1. The maximum absolute atomic E-state index is 13.5. The van der Waals surface area contributed by atoms with Crippen molar-refractivity contribution in [3.63, 3.8) is 0 Å². The summed E-state index contributed by atoms with van der Waals surface area (Å²) in [5.41, 5.74) is 1.48. The smallest absolute Gasteiger partial charge is 0.255 e. The lowest BCUT2D eigenvalue weighted by Crippen LogP contribution is -2.32. The van der Waals surface area contributed by atoms with Crippen molar-refractivity contribution in [1.82, 2.24) is 10.3 Å². The Kier molecular flexibility index (Phi) is 7.11. The second-order valence-electron chi connectivity index (χ2n) is 9.09. The van der Waals surface area contributed by atoms with E-state index in [1.807, 2.05) is 0 Å². The van der Waals surface area contributed by atoms with E-state index < -0.39 is 31.6 Å². The zero-order chi connectivity index (χ0) is 26.3. The van der Waals surface area contributed by atoms with Crippen LogP contribution >= 0.6 is 0 Å². The molecule has 0 bridgehead atoms. The number of sulfonamides is 1. The van der Waals surface area contributed by atoms with Crippen LogP contribution in [0.3, 0.4) is 0 Å². The van der Waals surface area contributed by atoms with Crippen LogP contribution in [0.15, 0.2) is 34.7 Å². The number of aromatic nitrogens is 1. The molecule has 1 aliphatic rings. The zero-order valence-corrected chi connectivity index (χ0v) is 21.9. The average Bonchev–Trinajstić information content (AvgIpc) is 3.57. The van der Waals surface area contributed by atoms with Gasteiger partial charge in [0.15, 0.2) is 0 Å². The first-order valence-electron chi connectivity index (χ1n) is 11.5. The Bertz CT molecular complexity index is 1510. The maximum atomic E-state index is 13.5. The molecule has 0 radical (unpaired) electrons. The average molecular weight is 538 g/mol. The quantitative estimate of drug-likeness (QED) is 0.393. The first kappa shape index (κ1) is 26.1. The van der Waals surface area contributed by atoms with E-state index in [9.17, 15) is 26.0 Å². The first-order chi connectivity index (χ1) is 16.9. The number of benzene rings is 1. The number of hydrogen-bond acceptors (Lipinski definition) is 7. The van der Waals surface area contributed by atoms with Crippen LogP contribution in [0.4, 0.5) is 10.2 Å². The largest absolute Gasteiger partial charge is 0.437 e. The summed E-state index contributed by atoms with van der Waals surface area (Å²) in [4.78, 5) is 17.4. The lowest BCUT2D eigenvalue weighted by Gasteiger charge is -2.23. The number of fused-ring (bicyclic) bond motifs is 1. The van der Waals surface area contributed by atoms with Crippen LogP contribution in [-0.2, 0) is 19.9 Å². The molecular formula is C24H28FN3O6S2. The van der Waals surface area contributed by atoms with Gasteiger partial charge in [0.1, 0.15) is 27.2 Å². The van der Waals surface area contributed by atoms with E-state index in [0.29, 0.717) is 29.4 Å². The van der Waals surface area contributed by atoms with Gasteiger partial charge in [-0.2, -0.15) is 4.98 Å². The number of unbranched alkanes of at least 4 members (excludes halogenated alkanes) is 1. The molecule has 2 heterocycles. The lowest BCUT2D eigenvalue weighted by molar-refractivity contribution is 0.0964. The van der Waals surface area contributed by atoms with Gasteiger partial charge in [-0.3, -0.25) is 9.10 Å². The van der Waals surface area contributed by atoms with E-state index in [4.69, 9.17) is 4.42 Å². The second-order valence-corrected chi connectivity index (χ2v) is 13.3. The van der Waals surface area contributed by atoms with Crippen molar-refractivity contribution in [2.45, 2.75) is 31.6 Å². The Balaban J connectivity index is 1.85. The lowest BCUT2D eigenvalue weighted by atomic mass is 10.0. The van der Waals surface area contributed by atoms with Crippen molar-refractivity contribution in [3.8, 4) is 11.3 Å². The molecule has 2 aromatic heterocycles. The van der Waals surface area contributed by atoms with Gasteiger partial charge in [-0.05, 0) is 67.5 Å². The van der Waals surface area contributed by atoms with Gasteiger partial charge < -0.3 is 9.73 Å². The van der Waals surface area contributed by atoms with Crippen molar-refractivity contribution < 1.29 is 30.4 Å². The Hall–Kier alpha value is -2.99. The molecule has 3 aromatic rings. The molecule has 0 spiro atoms. The van der Waals surface area contributed by atoms with Crippen LogP contribution in [0.1, 0.15) is 47.5 Å². The Morgan fingerprint density at radius 3 is 2.36 bits per heavy atom. The molecular weight excluding hydrogens is 509 g/mol. The van der Waals surface area contributed by atoms with Gasteiger partial charge in [0.25, 0.3) is 5.91 Å². The molecule has 1 aliphatic carbocycles. The van der Waals surface area contributed by atoms with Gasteiger partial charge in [0.2, 0.25) is 15.7 Å². The number of furan rings is 1. The molecule has 1 aromatic carbocycles. The summed E-state index contributed by atoms with van der Waals surface area (Å²) in [5.74, 6) is -0.387. The SMILES string of the molecule is CNC(=O)c1c(-c2ccc(F)cc2)oc2nc(N(CCCCS(C)(=O)=O)S(C)(=O)=O)c(C3CC3)cc12. The summed E-state index contributed by atoms with van der Waals surface area (Å²) in [5, 5.41) is 3.03. The Morgan fingerprint density at radius 2 is 1.81 bits per heavy atom. The number of carbonyl (C=O) groups excluding carboxylic acids is 1. The van der Waals surface area contributed by atoms with Gasteiger partial charge in [-0.15, -0.1) is 0 Å². The molecule has 1 fully saturated rings. The fourth-order valence-electron chi connectivity index (χ4n) is 4.13. The molecule has 1 saturated carbocycles. The minimum atomic E-state index is -3.75. The molecule has 0 saturated heterocycles. The van der Waals surface area contributed by atoms with Gasteiger partial charge in [-0.25, -0.2) is 21.2 Å². The van der Waals surface area contributed by atoms with Crippen LogP contribution in [0.5, 0.6) is 0 Å². The van der Waals surface area contributed by atoms with E-state index >= 15 is 0 Å². The van der Waals surface area contributed by atoms with Crippen molar-refractivity contribution in [2.24, 2.45) is 0 Å². The summed E-state index contributed by atoms with van der Waals surface area (Å²) in [6.07, 6.45) is 4.55. The summed E-state index contributed by atoms with van der Waals surface area (Å²) < 4.78 is 69.2. The van der Waals surface area contributed by atoms with Crippen molar-refractivity contribution in [1.29, 1.82) is 0 Å². The van der Waals surface area contributed by atoms with Crippen LogP contribution in [-0.4, -0.2) is 59.6 Å². The van der Waals surface area contributed by atoms with Gasteiger partial charge >= 0.3 is 0 Å². The van der Waals surface area contributed by atoms with Gasteiger partial charge in [-0.1, -0.05) is 0 Å². The maximum Gasteiger partial charge on any atom is 0.255 e. The molecule has 36 heavy (non-hydrogen) atoms. The number of carbonyl (C=O) groups is 1. The first-order valence-corrected chi connectivity index (χ1v) is 15.4. The molecule has 1 N–H and O–H groups in total. The highest BCUT2D eigenvalue weighted by Gasteiger charge is 2.34. The molecule has 0 aliphatic heterocycles. The van der Waals surface area contributed by atoms with Crippen molar-refractivity contribution >= 4 is 42.7 Å². The second kappa shape index (κ2) is 9.81. The number of hydrogen-bond donors (Lipinski definition) is 1. The van der Waals surface area contributed by atoms with Crippen LogP contribution in [0, 0.1) is 5.82 Å². The predicted molar refractivity (Wildman–Crippen MR) is 136 cm³/mol. The minimum absolute atomic E-state index is 0.0404. The summed E-state index contributed by atoms with van der Waals surface area (Å²) in [6, 6.07) is 7.25.